The number of rotatable bonds is 9. The van der Waals surface area contributed by atoms with Gasteiger partial charge in [-0.1, -0.05) is 42.5 Å². The zero-order valence-corrected chi connectivity index (χ0v) is 14.1. The predicted molar refractivity (Wildman–Crippen MR) is 93.9 cm³/mol. The van der Waals surface area contributed by atoms with Crippen molar-refractivity contribution in [3.63, 3.8) is 0 Å². The van der Waals surface area contributed by atoms with Gasteiger partial charge in [0.1, 0.15) is 18.4 Å². The van der Waals surface area contributed by atoms with Gasteiger partial charge in [-0.3, -0.25) is 9.59 Å². The summed E-state index contributed by atoms with van der Waals surface area (Å²) in [6.45, 7) is 0.183. The molecule has 25 heavy (non-hydrogen) atoms. The van der Waals surface area contributed by atoms with E-state index in [1.807, 2.05) is 42.5 Å². The van der Waals surface area contributed by atoms with E-state index in [1.165, 1.54) is 0 Å². The second kappa shape index (κ2) is 9.44. The summed E-state index contributed by atoms with van der Waals surface area (Å²) in [5.74, 6) is -0.305. The van der Waals surface area contributed by atoms with Gasteiger partial charge >= 0.3 is 0 Å². The van der Waals surface area contributed by atoms with Crippen molar-refractivity contribution >= 4 is 11.8 Å². The zero-order chi connectivity index (χ0) is 18.1. The first-order valence-corrected chi connectivity index (χ1v) is 7.91. The minimum atomic E-state index is -0.806. The van der Waals surface area contributed by atoms with Crippen LogP contribution in [0, 0.1) is 0 Å². The Bertz CT molecular complexity index is 704. The maximum Gasteiger partial charge on any atom is 0.246 e. The fourth-order valence-electron chi connectivity index (χ4n) is 2.33. The van der Waals surface area contributed by atoms with E-state index >= 15 is 0 Å². The highest BCUT2D eigenvalue weighted by atomic mass is 16.5. The lowest BCUT2D eigenvalue weighted by Gasteiger charge is -2.16. The van der Waals surface area contributed by atoms with Gasteiger partial charge < -0.3 is 20.5 Å². The summed E-state index contributed by atoms with van der Waals surface area (Å²) in [4.78, 5) is 23.6. The van der Waals surface area contributed by atoms with Gasteiger partial charge in [0.2, 0.25) is 11.8 Å². The van der Waals surface area contributed by atoms with E-state index in [4.69, 9.17) is 15.2 Å². The molecule has 2 aromatic rings. The molecule has 0 fully saturated rings. The van der Waals surface area contributed by atoms with Gasteiger partial charge in [-0.2, -0.15) is 0 Å². The quantitative estimate of drug-likeness (QED) is 0.721. The van der Waals surface area contributed by atoms with E-state index in [0.717, 1.165) is 11.1 Å². The fourth-order valence-corrected chi connectivity index (χ4v) is 2.33. The zero-order valence-electron chi connectivity index (χ0n) is 14.1. The van der Waals surface area contributed by atoms with Crippen molar-refractivity contribution in [1.82, 2.24) is 5.32 Å². The maximum atomic E-state index is 12.0. The Kier molecular flexibility index (Phi) is 6.98. The number of primary amides is 1. The van der Waals surface area contributed by atoms with Crippen LogP contribution in [0.3, 0.4) is 0 Å². The van der Waals surface area contributed by atoms with Gasteiger partial charge in [-0.05, 0) is 23.3 Å². The van der Waals surface area contributed by atoms with Crippen molar-refractivity contribution in [2.75, 3.05) is 13.7 Å². The third kappa shape index (κ3) is 6.27. The van der Waals surface area contributed by atoms with Crippen LogP contribution in [0.25, 0.3) is 0 Å². The fraction of sp³-hybridized carbons (Fsp3) is 0.263. The summed E-state index contributed by atoms with van der Waals surface area (Å²) in [7, 11) is 1.57. The molecule has 6 heteroatoms. The molecule has 2 aromatic carbocycles. The van der Waals surface area contributed by atoms with E-state index in [2.05, 4.69) is 5.32 Å². The molecule has 0 aliphatic carbocycles. The lowest BCUT2D eigenvalue weighted by Crippen LogP contribution is -2.47. The maximum absolute atomic E-state index is 12.0. The van der Waals surface area contributed by atoms with Crippen molar-refractivity contribution in [1.29, 1.82) is 0 Å². The summed E-state index contributed by atoms with van der Waals surface area (Å²) >= 11 is 0. The SMILES string of the molecule is COc1cccc(C[C@@H](NC(=O)COCc2ccccc2)C(N)=O)c1. The third-order valence-corrected chi connectivity index (χ3v) is 3.60. The molecule has 2 amide bonds. The number of nitrogens with two attached hydrogens (primary N) is 1. The topological polar surface area (TPSA) is 90.7 Å². The Morgan fingerprint density at radius 3 is 2.48 bits per heavy atom. The molecule has 3 N–H and O–H groups in total. The van der Waals surface area contributed by atoms with Crippen molar-refractivity contribution in [3.05, 3.63) is 65.7 Å². The average molecular weight is 342 g/mol. The summed E-state index contributed by atoms with van der Waals surface area (Å²) in [5.41, 5.74) is 7.21. The second-order valence-electron chi connectivity index (χ2n) is 5.56. The lowest BCUT2D eigenvalue weighted by atomic mass is 10.1. The van der Waals surface area contributed by atoms with Gasteiger partial charge in [0.25, 0.3) is 0 Å². The second-order valence-corrected chi connectivity index (χ2v) is 5.56. The molecule has 0 saturated heterocycles. The summed E-state index contributed by atoms with van der Waals surface area (Å²) in [6, 6.07) is 16.0. The average Bonchev–Trinajstić information content (AvgIpc) is 2.62. The number of carbonyl (C=O) groups excluding carboxylic acids is 2. The molecule has 0 saturated carbocycles. The van der Waals surface area contributed by atoms with Crippen LogP contribution in [0.2, 0.25) is 0 Å². The van der Waals surface area contributed by atoms with E-state index in [1.54, 1.807) is 19.2 Å². The molecule has 0 aromatic heterocycles. The molecule has 2 rings (SSSR count). The van der Waals surface area contributed by atoms with Gasteiger partial charge in [-0.25, -0.2) is 0 Å². The molecule has 1 atom stereocenters. The van der Waals surface area contributed by atoms with Gasteiger partial charge in [0, 0.05) is 6.42 Å². The highest BCUT2D eigenvalue weighted by molar-refractivity contribution is 5.87. The van der Waals surface area contributed by atoms with Gasteiger partial charge in [0.15, 0.2) is 0 Å². The Hall–Kier alpha value is -2.86. The first-order valence-electron chi connectivity index (χ1n) is 7.91. The van der Waals surface area contributed by atoms with Crippen LogP contribution in [0.4, 0.5) is 0 Å². The minimum absolute atomic E-state index is 0.142. The summed E-state index contributed by atoms with van der Waals surface area (Å²) < 4.78 is 10.5. The number of benzene rings is 2. The Morgan fingerprint density at radius 2 is 1.80 bits per heavy atom. The number of carbonyl (C=O) groups is 2. The van der Waals surface area contributed by atoms with E-state index in [9.17, 15) is 9.59 Å². The van der Waals surface area contributed by atoms with Crippen molar-refractivity contribution in [2.24, 2.45) is 5.73 Å². The Morgan fingerprint density at radius 1 is 1.08 bits per heavy atom. The summed E-state index contributed by atoms with van der Waals surface area (Å²) in [6.07, 6.45) is 0.289. The molecule has 0 aliphatic heterocycles. The van der Waals surface area contributed by atoms with Crippen LogP contribution in [0.5, 0.6) is 5.75 Å². The predicted octanol–water partition coefficient (Wildman–Crippen LogP) is 1.42. The highest BCUT2D eigenvalue weighted by Gasteiger charge is 2.19. The van der Waals surface area contributed by atoms with E-state index in [-0.39, 0.29) is 18.9 Å². The molecule has 6 nitrogen and oxygen atoms in total. The summed E-state index contributed by atoms with van der Waals surface area (Å²) in [5, 5.41) is 2.61. The molecular formula is C19H22N2O4. The Labute approximate surface area is 146 Å². The van der Waals surface area contributed by atoms with E-state index < -0.39 is 11.9 Å². The molecule has 0 aliphatic rings. The van der Waals surface area contributed by atoms with Gasteiger partial charge in [0.05, 0.1) is 13.7 Å². The third-order valence-electron chi connectivity index (χ3n) is 3.60. The van der Waals surface area contributed by atoms with Crippen LogP contribution >= 0.6 is 0 Å². The van der Waals surface area contributed by atoms with Crippen LogP contribution in [-0.2, 0) is 27.4 Å². The standard InChI is InChI=1S/C19H22N2O4/c1-24-16-9-5-8-15(10-16)11-17(19(20)23)21-18(22)13-25-12-14-6-3-2-4-7-14/h2-10,17H,11-13H2,1H3,(H2,20,23)(H,21,22)/t17-/m1/s1. The number of hydrogen-bond donors (Lipinski definition) is 2. The van der Waals surface area contributed by atoms with Crippen LogP contribution < -0.4 is 15.8 Å². The molecular weight excluding hydrogens is 320 g/mol. The van der Waals surface area contributed by atoms with Crippen LogP contribution in [0.1, 0.15) is 11.1 Å². The Balaban J connectivity index is 1.85. The van der Waals surface area contributed by atoms with Crippen molar-refractivity contribution in [2.45, 2.75) is 19.1 Å². The number of hydrogen-bond acceptors (Lipinski definition) is 4. The van der Waals surface area contributed by atoms with Crippen molar-refractivity contribution in [3.8, 4) is 5.75 Å². The lowest BCUT2D eigenvalue weighted by molar-refractivity contribution is -0.130. The van der Waals surface area contributed by atoms with E-state index in [0.29, 0.717) is 12.4 Å². The van der Waals surface area contributed by atoms with Crippen LogP contribution in [0.15, 0.2) is 54.6 Å². The largest absolute Gasteiger partial charge is 0.497 e. The van der Waals surface area contributed by atoms with Crippen molar-refractivity contribution < 1.29 is 19.1 Å². The smallest absolute Gasteiger partial charge is 0.246 e. The number of nitrogens with one attached hydrogen (secondary N) is 1. The molecule has 0 bridgehead atoms. The minimum Gasteiger partial charge on any atom is -0.497 e. The molecule has 0 spiro atoms. The van der Waals surface area contributed by atoms with Gasteiger partial charge in [-0.15, -0.1) is 0 Å². The number of methoxy groups -OCH3 is 1. The highest BCUT2D eigenvalue weighted by Crippen LogP contribution is 2.14. The monoisotopic (exact) mass is 342 g/mol. The number of amides is 2. The van der Waals surface area contributed by atoms with Crippen LogP contribution in [-0.4, -0.2) is 31.6 Å². The molecule has 0 heterocycles. The first-order chi connectivity index (χ1) is 12.1. The molecule has 132 valence electrons. The molecule has 0 unspecified atom stereocenters. The number of ether oxygens (including phenoxy) is 2. The normalized spacial score (nSPS) is 11.6. The molecule has 0 radical (unpaired) electrons. The first kappa shape index (κ1) is 18.5.